The van der Waals surface area contributed by atoms with Gasteiger partial charge in [-0.1, -0.05) is 37.6 Å². The number of benzene rings is 1. The fourth-order valence-electron chi connectivity index (χ4n) is 2.81. The SMILES string of the molecule is CCCC1(C)O[Si](C)(C)c2ccccc21. The van der Waals surface area contributed by atoms with E-state index in [0.29, 0.717) is 0 Å². The summed E-state index contributed by atoms with van der Waals surface area (Å²) < 4.78 is 6.39. The predicted molar refractivity (Wildman–Crippen MR) is 66.9 cm³/mol. The maximum Gasteiger partial charge on any atom is 0.219 e. The molecule has 1 unspecified atom stereocenters. The van der Waals surface area contributed by atoms with Crippen LogP contribution >= 0.6 is 0 Å². The molecule has 2 heteroatoms. The van der Waals surface area contributed by atoms with Gasteiger partial charge in [-0.25, -0.2) is 0 Å². The van der Waals surface area contributed by atoms with Crippen LogP contribution in [0.5, 0.6) is 0 Å². The molecule has 0 saturated heterocycles. The highest BCUT2D eigenvalue weighted by molar-refractivity contribution is 6.85. The summed E-state index contributed by atoms with van der Waals surface area (Å²) in [6.45, 7) is 9.07. The molecule has 1 nitrogen and oxygen atoms in total. The first kappa shape index (κ1) is 10.9. The van der Waals surface area contributed by atoms with Crippen molar-refractivity contribution >= 4 is 13.5 Å². The highest BCUT2D eigenvalue weighted by Crippen LogP contribution is 2.38. The van der Waals surface area contributed by atoms with E-state index in [9.17, 15) is 0 Å². The standard InChI is InChI=1S/C13H20OSi/c1-5-10-13(2)11-8-6-7-9-12(11)15(3,4)14-13/h6-9H,5,10H2,1-4H3. The molecule has 1 heterocycles. The van der Waals surface area contributed by atoms with Crippen molar-refractivity contribution in [2.24, 2.45) is 0 Å². The molecule has 0 saturated carbocycles. The average Bonchev–Trinajstić information content (AvgIpc) is 2.36. The zero-order chi connectivity index (χ0) is 11.1. The van der Waals surface area contributed by atoms with E-state index in [1.54, 1.807) is 0 Å². The molecule has 0 fully saturated rings. The van der Waals surface area contributed by atoms with Gasteiger partial charge in [0.25, 0.3) is 0 Å². The third-order valence-corrected chi connectivity index (χ3v) is 6.05. The number of hydrogen-bond acceptors (Lipinski definition) is 1. The van der Waals surface area contributed by atoms with Gasteiger partial charge in [0.05, 0.1) is 5.60 Å². The van der Waals surface area contributed by atoms with Gasteiger partial charge in [0.2, 0.25) is 8.32 Å². The first-order valence-corrected chi connectivity index (χ1v) is 8.70. The molecule has 0 radical (unpaired) electrons. The zero-order valence-electron chi connectivity index (χ0n) is 10.1. The Labute approximate surface area is 93.6 Å². The summed E-state index contributed by atoms with van der Waals surface area (Å²) in [6, 6.07) is 8.76. The number of rotatable bonds is 2. The Kier molecular flexibility index (Phi) is 2.51. The van der Waals surface area contributed by atoms with Gasteiger partial charge >= 0.3 is 0 Å². The Morgan fingerprint density at radius 1 is 1.27 bits per heavy atom. The molecule has 0 bridgehead atoms. The number of hydrogen-bond donors (Lipinski definition) is 0. The topological polar surface area (TPSA) is 9.23 Å². The normalized spacial score (nSPS) is 27.7. The van der Waals surface area contributed by atoms with Gasteiger partial charge in [0.15, 0.2) is 0 Å². The fourth-order valence-corrected chi connectivity index (χ4v) is 5.75. The summed E-state index contributed by atoms with van der Waals surface area (Å²) >= 11 is 0. The zero-order valence-corrected chi connectivity index (χ0v) is 11.1. The molecule has 82 valence electrons. The van der Waals surface area contributed by atoms with Crippen molar-refractivity contribution in [3.8, 4) is 0 Å². The summed E-state index contributed by atoms with van der Waals surface area (Å²) in [5.74, 6) is 0. The van der Waals surface area contributed by atoms with Crippen LogP contribution in [-0.4, -0.2) is 8.32 Å². The Morgan fingerprint density at radius 2 is 1.93 bits per heavy atom. The van der Waals surface area contributed by atoms with Crippen molar-refractivity contribution in [3.05, 3.63) is 29.8 Å². The lowest BCUT2D eigenvalue weighted by atomic mass is 9.91. The Balaban J connectivity index is 2.51. The molecule has 1 aliphatic rings. The molecule has 1 aliphatic heterocycles. The lowest BCUT2D eigenvalue weighted by Crippen LogP contribution is -2.40. The molecule has 0 N–H and O–H groups in total. The minimum Gasteiger partial charge on any atom is -0.404 e. The van der Waals surface area contributed by atoms with E-state index in [1.807, 2.05) is 0 Å². The third-order valence-electron chi connectivity index (χ3n) is 3.35. The van der Waals surface area contributed by atoms with Crippen molar-refractivity contribution in [1.29, 1.82) is 0 Å². The molecule has 0 aromatic heterocycles. The van der Waals surface area contributed by atoms with Gasteiger partial charge in [-0.2, -0.15) is 0 Å². The summed E-state index contributed by atoms with van der Waals surface area (Å²) in [7, 11) is -1.63. The quantitative estimate of drug-likeness (QED) is 0.696. The highest BCUT2D eigenvalue weighted by atomic mass is 28.4. The van der Waals surface area contributed by atoms with Crippen LogP contribution in [0.1, 0.15) is 32.3 Å². The Bertz CT molecular complexity index is 373. The molecular weight excluding hydrogens is 200 g/mol. The molecule has 0 aliphatic carbocycles. The molecular formula is C13H20OSi. The molecule has 0 spiro atoms. The molecule has 1 aromatic carbocycles. The fraction of sp³-hybridized carbons (Fsp3) is 0.538. The Morgan fingerprint density at radius 3 is 2.60 bits per heavy atom. The second kappa shape index (κ2) is 3.46. The summed E-state index contributed by atoms with van der Waals surface area (Å²) in [5, 5.41) is 1.49. The maximum atomic E-state index is 6.39. The molecule has 0 amide bonds. The maximum absolute atomic E-state index is 6.39. The average molecular weight is 220 g/mol. The Hall–Kier alpha value is -0.603. The first-order valence-electron chi connectivity index (χ1n) is 5.80. The van der Waals surface area contributed by atoms with Crippen molar-refractivity contribution in [3.63, 3.8) is 0 Å². The minimum absolute atomic E-state index is 0.0267. The van der Waals surface area contributed by atoms with Crippen molar-refractivity contribution in [1.82, 2.24) is 0 Å². The second-order valence-electron chi connectivity index (χ2n) is 5.14. The van der Waals surface area contributed by atoms with Crippen molar-refractivity contribution in [2.45, 2.75) is 45.4 Å². The van der Waals surface area contributed by atoms with Crippen LogP contribution in [0.2, 0.25) is 13.1 Å². The van der Waals surface area contributed by atoms with E-state index >= 15 is 0 Å². The van der Waals surface area contributed by atoms with Crippen molar-refractivity contribution in [2.75, 3.05) is 0 Å². The van der Waals surface area contributed by atoms with Gasteiger partial charge in [-0.15, -0.1) is 0 Å². The lowest BCUT2D eigenvalue weighted by molar-refractivity contribution is 0.0827. The predicted octanol–water partition coefficient (Wildman–Crippen LogP) is 3.14. The van der Waals surface area contributed by atoms with Gasteiger partial charge in [0.1, 0.15) is 0 Å². The van der Waals surface area contributed by atoms with E-state index in [1.165, 1.54) is 17.2 Å². The van der Waals surface area contributed by atoms with Crippen LogP contribution in [0.4, 0.5) is 0 Å². The highest BCUT2D eigenvalue weighted by Gasteiger charge is 2.46. The molecule has 15 heavy (non-hydrogen) atoms. The third kappa shape index (κ3) is 1.66. The van der Waals surface area contributed by atoms with E-state index < -0.39 is 8.32 Å². The van der Waals surface area contributed by atoms with E-state index in [0.717, 1.165) is 6.42 Å². The van der Waals surface area contributed by atoms with Gasteiger partial charge in [0, 0.05) is 0 Å². The van der Waals surface area contributed by atoms with E-state index in [-0.39, 0.29) is 5.60 Å². The van der Waals surface area contributed by atoms with Gasteiger partial charge in [-0.05, 0) is 37.2 Å². The lowest BCUT2D eigenvalue weighted by Gasteiger charge is -2.28. The minimum atomic E-state index is -1.63. The van der Waals surface area contributed by atoms with Crippen LogP contribution in [-0.2, 0) is 10.0 Å². The summed E-state index contributed by atoms with van der Waals surface area (Å²) in [6.07, 6.45) is 2.30. The smallest absolute Gasteiger partial charge is 0.219 e. The van der Waals surface area contributed by atoms with Crippen LogP contribution in [0.15, 0.2) is 24.3 Å². The number of fused-ring (bicyclic) bond motifs is 1. The molecule has 2 rings (SSSR count). The molecule has 1 atom stereocenters. The summed E-state index contributed by atoms with van der Waals surface area (Å²) in [4.78, 5) is 0. The monoisotopic (exact) mass is 220 g/mol. The van der Waals surface area contributed by atoms with Crippen molar-refractivity contribution < 1.29 is 4.43 Å². The van der Waals surface area contributed by atoms with Crippen LogP contribution in [0.25, 0.3) is 0 Å². The first-order chi connectivity index (χ1) is 6.99. The van der Waals surface area contributed by atoms with Gasteiger partial charge < -0.3 is 4.43 Å². The second-order valence-corrected chi connectivity index (χ2v) is 8.90. The summed E-state index contributed by atoms with van der Waals surface area (Å²) in [5.41, 5.74) is 1.41. The van der Waals surface area contributed by atoms with Crippen LogP contribution in [0.3, 0.4) is 0 Å². The van der Waals surface area contributed by atoms with Crippen LogP contribution in [0, 0.1) is 0 Å². The largest absolute Gasteiger partial charge is 0.404 e. The van der Waals surface area contributed by atoms with E-state index in [4.69, 9.17) is 4.43 Å². The van der Waals surface area contributed by atoms with Gasteiger partial charge in [-0.3, -0.25) is 0 Å². The van der Waals surface area contributed by atoms with E-state index in [2.05, 4.69) is 51.2 Å². The molecule has 1 aromatic rings. The van der Waals surface area contributed by atoms with Crippen LogP contribution < -0.4 is 5.19 Å².